The van der Waals surface area contributed by atoms with E-state index in [1.54, 1.807) is 0 Å². The molecule has 2 aliphatic rings. The van der Waals surface area contributed by atoms with Crippen LogP contribution in [-0.4, -0.2) is 44.4 Å². The summed E-state index contributed by atoms with van der Waals surface area (Å²) < 4.78 is 11.1. The molecule has 2 aliphatic heterocycles. The van der Waals surface area contributed by atoms with Crippen molar-refractivity contribution in [1.82, 2.24) is 10.6 Å². The summed E-state index contributed by atoms with van der Waals surface area (Å²) in [4.78, 5) is 12.0. The third-order valence-electron chi connectivity index (χ3n) is 3.45. The number of halogens is 1. The number of carbonyl (C=O) groups is 1. The summed E-state index contributed by atoms with van der Waals surface area (Å²) in [5, 5.41) is 6.15. The normalized spacial score (nSPS) is 24.8. The predicted octanol–water partition coefficient (Wildman–Crippen LogP) is 0.516. The Morgan fingerprint density at radius 1 is 1.35 bits per heavy atom. The van der Waals surface area contributed by atoms with Gasteiger partial charge in [-0.05, 0) is 18.1 Å². The van der Waals surface area contributed by atoms with Gasteiger partial charge < -0.3 is 20.1 Å². The molecule has 0 aromatic heterocycles. The van der Waals surface area contributed by atoms with E-state index in [-0.39, 0.29) is 30.5 Å². The zero-order valence-electron chi connectivity index (χ0n) is 11.1. The van der Waals surface area contributed by atoms with Gasteiger partial charge in [0.25, 0.3) is 5.91 Å². The number of hydrogen-bond donors (Lipinski definition) is 2. The Balaban J connectivity index is 0.00000147. The van der Waals surface area contributed by atoms with Gasteiger partial charge in [-0.15, -0.1) is 12.4 Å². The highest BCUT2D eigenvalue weighted by atomic mass is 35.5. The van der Waals surface area contributed by atoms with E-state index in [0.717, 1.165) is 24.3 Å². The van der Waals surface area contributed by atoms with Crippen LogP contribution in [0, 0.1) is 0 Å². The number of rotatable bonds is 2. The van der Waals surface area contributed by atoms with Gasteiger partial charge in [0.2, 0.25) is 0 Å². The molecule has 6 heteroatoms. The van der Waals surface area contributed by atoms with Gasteiger partial charge in [0.1, 0.15) is 18.5 Å². The minimum atomic E-state index is -0.383. The Kier molecular flexibility index (Phi) is 5.23. The molecule has 1 aromatic rings. The van der Waals surface area contributed by atoms with Gasteiger partial charge in [0.15, 0.2) is 0 Å². The fourth-order valence-corrected chi connectivity index (χ4v) is 2.45. The van der Waals surface area contributed by atoms with Gasteiger partial charge in [-0.1, -0.05) is 18.2 Å². The summed E-state index contributed by atoms with van der Waals surface area (Å²) >= 11 is 0. The summed E-state index contributed by atoms with van der Waals surface area (Å²) in [6, 6.07) is 7.96. The van der Waals surface area contributed by atoms with E-state index in [0.29, 0.717) is 19.8 Å². The molecule has 0 aliphatic carbocycles. The van der Waals surface area contributed by atoms with E-state index in [1.165, 1.54) is 0 Å². The third-order valence-corrected chi connectivity index (χ3v) is 3.45. The summed E-state index contributed by atoms with van der Waals surface area (Å²) in [6.07, 6.45) is 0.424. The zero-order valence-corrected chi connectivity index (χ0v) is 11.9. The Morgan fingerprint density at radius 2 is 2.20 bits per heavy atom. The van der Waals surface area contributed by atoms with Crippen molar-refractivity contribution in [2.24, 2.45) is 0 Å². The molecule has 0 bridgehead atoms. The van der Waals surface area contributed by atoms with Crippen molar-refractivity contribution in [3.8, 4) is 5.75 Å². The largest absolute Gasteiger partial charge is 0.491 e. The summed E-state index contributed by atoms with van der Waals surface area (Å²) in [7, 11) is 0. The second-order valence-electron chi connectivity index (χ2n) is 4.89. The highest BCUT2D eigenvalue weighted by molar-refractivity contribution is 5.85. The molecule has 20 heavy (non-hydrogen) atoms. The molecule has 2 N–H and O–H groups in total. The molecule has 0 radical (unpaired) electrons. The van der Waals surface area contributed by atoms with E-state index in [9.17, 15) is 4.79 Å². The third kappa shape index (κ3) is 3.42. The molecule has 3 rings (SSSR count). The molecule has 1 saturated heterocycles. The first-order valence-corrected chi connectivity index (χ1v) is 6.66. The smallest absolute Gasteiger partial charge is 0.250 e. The van der Waals surface area contributed by atoms with Crippen molar-refractivity contribution in [2.75, 3.05) is 26.3 Å². The monoisotopic (exact) mass is 298 g/mol. The Bertz CT molecular complexity index is 463. The molecule has 2 unspecified atom stereocenters. The van der Waals surface area contributed by atoms with Gasteiger partial charge in [-0.2, -0.15) is 0 Å². The van der Waals surface area contributed by atoms with Crippen LogP contribution in [0.4, 0.5) is 0 Å². The Labute approximate surface area is 124 Å². The molecule has 2 heterocycles. The van der Waals surface area contributed by atoms with Gasteiger partial charge in [0, 0.05) is 13.1 Å². The maximum Gasteiger partial charge on any atom is 0.250 e. The number of para-hydroxylation sites is 1. The molecule has 1 fully saturated rings. The molecule has 2 atom stereocenters. The first-order chi connectivity index (χ1) is 9.33. The topological polar surface area (TPSA) is 59.6 Å². The highest BCUT2D eigenvalue weighted by Gasteiger charge is 2.26. The fraction of sp³-hybridized carbons (Fsp3) is 0.500. The van der Waals surface area contributed by atoms with E-state index >= 15 is 0 Å². The first-order valence-electron chi connectivity index (χ1n) is 6.66. The number of fused-ring (bicyclic) bond motifs is 1. The predicted molar refractivity (Wildman–Crippen MR) is 77.4 cm³/mol. The van der Waals surface area contributed by atoms with Crippen LogP contribution in [0.2, 0.25) is 0 Å². The molecule has 0 saturated carbocycles. The minimum Gasteiger partial charge on any atom is -0.491 e. The summed E-state index contributed by atoms with van der Waals surface area (Å²) in [5.74, 6) is 0.865. The van der Waals surface area contributed by atoms with Gasteiger partial charge in [0.05, 0.1) is 12.6 Å². The zero-order chi connectivity index (χ0) is 13.1. The minimum absolute atomic E-state index is 0. The standard InChI is InChI=1S/C14H18N2O3.ClH/c17-14(13-8-15-5-6-18-13)16-11-7-10-3-1-2-4-12(10)19-9-11;/h1-4,11,13,15H,5-9H2,(H,16,17);1H. The van der Waals surface area contributed by atoms with Crippen LogP contribution in [0.15, 0.2) is 24.3 Å². The van der Waals surface area contributed by atoms with Crippen LogP contribution in [0.25, 0.3) is 0 Å². The van der Waals surface area contributed by atoms with Gasteiger partial charge in [-0.3, -0.25) is 4.79 Å². The lowest BCUT2D eigenvalue weighted by atomic mass is 10.0. The number of amides is 1. The van der Waals surface area contributed by atoms with Crippen molar-refractivity contribution in [2.45, 2.75) is 18.6 Å². The van der Waals surface area contributed by atoms with E-state index in [4.69, 9.17) is 9.47 Å². The molecule has 1 aromatic carbocycles. The van der Waals surface area contributed by atoms with E-state index < -0.39 is 0 Å². The SMILES string of the molecule is Cl.O=C(NC1COc2ccccc2C1)C1CNCCO1. The summed E-state index contributed by atoms with van der Waals surface area (Å²) in [6.45, 7) is 2.49. The van der Waals surface area contributed by atoms with E-state index in [2.05, 4.69) is 10.6 Å². The quantitative estimate of drug-likeness (QED) is 0.836. The maximum absolute atomic E-state index is 12.0. The molecular weight excluding hydrogens is 280 g/mol. The van der Waals surface area contributed by atoms with Crippen molar-refractivity contribution in [3.05, 3.63) is 29.8 Å². The van der Waals surface area contributed by atoms with Crippen LogP contribution in [0.3, 0.4) is 0 Å². The average Bonchev–Trinajstić information content (AvgIpc) is 2.48. The van der Waals surface area contributed by atoms with Gasteiger partial charge >= 0.3 is 0 Å². The number of hydrogen-bond acceptors (Lipinski definition) is 4. The Hall–Kier alpha value is -1.30. The lowest BCUT2D eigenvalue weighted by Crippen LogP contribution is -2.52. The maximum atomic E-state index is 12.0. The van der Waals surface area contributed by atoms with Crippen molar-refractivity contribution < 1.29 is 14.3 Å². The number of benzene rings is 1. The number of ether oxygens (including phenoxy) is 2. The lowest BCUT2D eigenvalue weighted by Gasteiger charge is -2.29. The van der Waals surface area contributed by atoms with Crippen LogP contribution in [0.1, 0.15) is 5.56 Å². The second-order valence-corrected chi connectivity index (χ2v) is 4.89. The molecule has 110 valence electrons. The number of nitrogens with one attached hydrogen (secondary N) is 2. The van der Waals surface area contributed by atoms with Crippen molar-refractivity contribution in [3.63, 3.8) is 0 Å². The first kappa shape index (κ1) is 15.1. The van der Waals surface area contributed by atoms with Crippen LogP contribution < -0.4 is 15.4 Å². The molecule has 5 nitrogen and oxygen atoms in total. The highest BCUT2D eigenvalue weighted by Crippen LogP contribution is 2.23. The number of carbonyl (C=O) groups excluding carboxylic acids is 1. The second kappa shape index (κ2) is 6.92. The summed E-state index contributed by atoms with van der Waals surface area (Å²) in [5.41, 5.74) is 1.14. The Morgan fingerprint density at radius 3 is 3.00 bits per heavy atom. The molecule has 0 spiro atoms. The number of morpholine rings is 1. The fourth-order valence-electron chi connectivity index (χ4n) is 2.45. The van der Waals surface area contributed by atoms with Crippen LogP contribution in [0.5, 0.6) is 5.75 Å². The van der Waals surface area contributed by atoms with Crippen molar-refractivity contribution >= 4 is 18.3 Å². The van der Waals surface area contributed by atoms with Gasteiger partial charge in [-0.25, -0.2) is 0 Å². The van der Waals surface area contributed by atoms with Crippen molar-refractivity contribution in [1.29, 1.82) is 0 Å². The average molecular weight is 299 g/mol. The van der Waals surface area contributed by atoms with E-state index in [1.807, 2.05) is 24.3 Å². The lowest BCUT2D eigenvalue weighted by molar-refractivity contribution is -0.135. The van der Waals surface area contributed by atoms with Crippen LogP contribution in [-0.2, 0) is 16.0 Å². The molecular formula is C14H19ClN2O3. The molecule has 1 amide bonds. The van der Waals surface area contributed by atoms with Crippen LogP contribution >= 0.6 is 12.4 Å².